The lowest BCUT2D eigenvalue weighted by Gasteiger charge is -2.39. The van der Waals surface area contributed by atoms with E-state index in [1.807, 2.05) is 0 Å². The summed E-state index contributed by atoms with van der Waals surface area (Å²) >= 11 is 0. The average molecular weight is 237 g/mol. The first-order valence-corrected chi connectivity index (χ1v) is 4.85. The molecule has 1 amide bonds. The smallest absolute Gasteiger partial charge is 0.317 e. The molecule has 0 aromatic carbocycles. The SMILES string of the molecule is CC1(C)CC(=O)C(C)(C)N1C(=O)C(F)(F)F. The van der Waals surface area contributed by atoms with Crippen LogP contribution in [0.4, 0.5) is 13.2 Å². The Kier molecular flexibility index (Phi) is 2.61. The summed E-state index contributed by atoms with van der Waals surface area (Å²) in [5.74, 6) is -2.30. The Morgan fingerprint density at radius 1 is 1.25 bits per heavy atom. The molecule has 0 atom stereocenters. The van der Waals surface area contributed by atoms with Crippen LogP contribution in [0.25, 0.3) is 0 Å². The van der Waals surface area contributed by atoms with Crippen molar-refractivity contribution >= 4 is 11.7 Å². The molecule has 1 aliphatic heterocycles. The van der Waals surface area contributed by atoms with Crippen LogP contribution in [0.3, 0.4) is 0 Å². The zero-order chi connectivity index (χ0) is 12.9. The van der Waals surface area contributed by atoms with Gasteiger partial charge in [-0.2, -0.15) is 13.2 Å². The van der Waals surface area contributed by atoms with Crippen molar-refractivity contribution in [2.24, 2.45) is 0 Å². The summed E-state index contributed by atoms with van der Waals surface area (Å²) < 4.78 is 37.2. The molecule has 3 nitrogen and oxygen atoms in total. The van der Waals surface area contributed by atoms with Gasteiger partial charge in [0.15, 0.2) is 5.78 Å². The minimum absolute atomic E-state index is 0.0538. The molecule has 0 N–H and O–H groups in total. The van der Waals surface area contributed by atoms with Gasteiger partial charge in [0.25, 0.3) is 0 Å². The zero-order valence-electron chi connectivity index (χ0n) is 9.60. The van der Waals surface area contributed by atoms with Crippen LogP contribution in [0, 0.1) is 0 Å². The molecule has 1 fully saturated rings. The van der Waals surface area contributed by atoms with Gasteiger partial charge in [0, 0.05) is 12.0 Å². The van der Waals surface area contributed by atoms with Crippen LogP contribution in [0.2, 0.25) is 0 Å². The number of carbonyl (C=O) groups is 2. The monoisotopic (exact) mass is 237 g/mol. The van der Waals surface area contributed by atoms with Gasteiger partial charge in [0.2, 0.25) is 0 Å². The number of ketones is 1. The van der Waals surface area contributed by atoms with Crippen molar-refractivity contribution in [2.75, 3.05) is 0 Å². The summed E-state index contributed by atoms with van der Waals surface area (Å²) in [5.41, 5.74) is -2.48. The van der Waals surface area contributed by atoms with Crippen molar-refractivity contribution < 1.29 is 22.8 Å². The zero-order valence-corrected chi connectivity index (χ0v) is 9.60. The molecule has 1 aliphatic rings. The number of rotatable bonds is 0. The number of amides is 1. The lowest BCUT2D eigenvalue weighted by molar-refractivity contribution is -0.194. The molecule has 6 heteroatoms. The van der Waals surface area contributed by atoms with Gasteiger partial charge in [0.05, 0.1) is 5.54 Å². The Labute approximate surface area is 91.6 Å². The first-order valence-electron chi connectivity index (χ1n) is 4.85. The van der Waals surface area contributed by atoms with Gasteiger partial charge in [0.1, 0.15) is 0 Å². The lowest BCUT2D eigenvalue weighted by atomic mass is 9.99. The molecule has 0 saturated carbocycles. The van der Waals surface area contributed by atoms with E-state index >= 15 is 0 Å². The van der Waals surface area contributed by atoms with Gasteiger partial charge < -0.3 is 4.90 Å². The molecule has 0 bridgehead atoms. The number of halogens is 3. The summed E-state index contributed by atoms with van der Waals surface area (Å²) in [7, 11) is 0. The van der Waals surface area contributed by atoms with E-state index in [1.165, 1.54) is 27.7 Å². The van der Waals surface area contributed by atoms with Crippen molar-refractivity contribution in [2.45, 2.75) is 51.4 Å². The van der Waals surface area contributed by atoms with Gasteiger partial charge in [-0.05, 0) is 27.7 Å². The summed E-state index contributed by atoms with van der Waals surface area (Å²) in [5, 5.41) is 0. The Balaban J connectivity index is 3.20. The number of carbonyl (C=O) groups excluding carboxylic acids is 2. The molecule has 1 rings (SSSR count). The number of hydrogen-bond donors (Lipinski definition) is 0. The van der Waals surface area contributed by atoms with Gasteiger partial charge in [-0.25, -0.2) is 0 Å². The van der Waals surface area contributed by atoms with Crippen LogP contribution >= 0.6 is 0 Å². The fourth-order valence-corrected chi connectivity index (χ4v) is 2.23. The summed E-state index contributed by atoms with van der Waals surface area (Å²) in [6.45, 7) is 5.61. The Bertz CT molecular complexity index is 344. The molecule has 1 heterocycles. The highest BCUT2D eigenvalue weighted by Gasteiger charge is 2.59. The summed E-state index contributed by atoms with van der Waals surface area (Å²) in [6.07, 6.45) is -5.00. The predicted molar refractivity (Wildman–Crippen MR) is 50.7 cm³/mol. The third-order valence-corrected chi connectivity index (χ3v) is 2.89. The molecule has 0 unspecified atom stereocenters. The second-order valence-corrected chi connectivity index (χ2v) is 5.11. The van der Waals surface area contributed by atoms with Crippen LogP contribution in [-0.2, 0) is 9.59 Å². The van der Waals surface area contributed by atoms with E-state index in [9.17, 15) is 22.8 Å². The van der Waals surface area contributed by atoms with Crippen molar-refractivity contribution in [1.29, 1.82) is 0 Å². The van der Waals surface area contributed by atoms with Crippen LogP contribution < -0.4 is 0 Å². The molecule has 0 aromatic rings. The standard InChI is InChI=1S/C10H14F3NO2/c1-8(2)5-6(15)9(3,4)14(8)7(16)10(11,12)13/h5H2,1-4H3. The molecule has 1 saturated heterocycles. The average Bonchev–Trinajstić information content (AvgIpc) is 2.14. The first-order chi connectivity index (χ1) is 6.90. The predicted octanol–water partition coefficient (Wildman–Crippen LogP) is 1.91. The van der Waals surface area contributed by atoms with Crippen molar-refractivity contribution in [3.63, 3.8) is 0 Å². The van der Waals surface area contributed by atoms with Crippen LogP contribution in [0.1, 0.15) is 34.1 Å². The Morgan fingerprint density at radius 3 is 1.94 bits per heavy atom. The highest BCUT2D eigenvalue weighted by atomic mass is 19.4. The van der Waals surface area contributed by atoms with E-state index in [0.717, 1.165) is 0 Å². The van der Waals surface area contributed by atoms with E-state index in [-0.39, 0.29) is 12.2 Å². The maximum Gasteiger partial charge on any atom is 0.471 e. The van der Waals surface area contributed by atoms with Crippen molar-refractivity contribution in [1.82, 2.24) is 4.90 Å². The largest absolute Gasteiger partial charge is 0.471 e. The molecular formula is C10H14F3NO2. The van der Waals surface area contributed by atoms with Gasteiger partial charge in [-0.15, -0.1) is 0 Å². The molecule has 0 aliphatic carbocycles. The first kappa shape index (κ1) is 13.0. The maximum absolute atomic E-state index is 12.4. The molecular weight excluding hydrogens is 223 g/mol. The summed E-state index contributed by atoms with van der Waals surface area (Å²) in [6, 6.07) is 0. The van der Waals surface area contributed by atoms with E-state index in [1.54, 1.807) is 0 Å². The molecule has 0 radical (unpaired) electrons. The number of hydrogen-bond acceptors (Lipinski definition) is 2. The van der Waals surface area contributed by atoms with Crippen LogP contribution in [0.5, 0.6) is 0 Å². The fourth-order valence-electron chi connectivity index (χ4n) is 2.23. The Hall–Kier alpha value is -1.07. The van der Waals surface area contributed by atoms with Gasteiger partial charge in [-0.3, -0.25) is 9.59 Å². The molecule has 0 aromatic heterocycles. The maximum atomic E-state index is 12.4. The number of likely N-dealkylation sites (tertiary alicyclic amines) is 1. The van der Waals surface area contributed by atoms with E-state index in [4.69, 9.17) is 0 Å². The third kappa shape index (κ3) is 1.81. The minimum Gasteiger partial charge on any atom is -0.317 e. The van der Waals surface area contributed by atoms with Gasteiger partial charge >= 0.3 is 12.1 Å². The second-order valence-electron chi connectivity index (χ2n) is 5.11. The third-order valence-electron chi connectivity index (χ3n) is 2.89. The summed E-state index contributed by atoms with van der Waals surface area (Å²) in [4.78, 5) is 23.5. The van der Waals surface area contributed by atoms with Gasteiger partial charge in [-0.1, -0.05) is 0 Å². The normalized spacial score (nSPS) is 23.7. The van der Waals surface area contributed by atoms with Crippen molar-refractivity contribution in [3.05, 3.63) is 0 Å². The topological polar surface area (TPSA) is 37.4 Å². The second kappa shape index (κ2) is 3.21. The van der Waals surface area contributed by atoms with Crippen LogP contribution in [-0.4, -0.2) is 33.8 Å². The highest BCUT2D eigenvalue weighted by Crippen LogP contribution is 2.40. The number of Topliss-reactive ketones (excluding diaryl/α,β-unsaturated/α-hetero) is 1. The van der Waals surface area contributed by atoms with Crippen molar-refractivity contribution in [3.8, 4) is 0 Å². The fraction of sp³-hybridized carbons (Fsp3) is 0.800. The van der Waals surface area contributed by atoms with E-state index in [2.05, 4.69) is 0 Å². The van der Waals surface area contributed by atoms with E-state index < -0.39 is 23.2 Å². The highest BCUT2D eigenvalue weighted by molar-refractivity contribution is 5.98. The number of nitrogens with zero attached hydrogens (tertiary/aromatic N) is 1. The minimum atomic E-state index is -4.95. The van der Waals surface area contributed by atoms with E-state index in [0.29, 0.717) is 4.90 Å². The Morgan fingerprint density at radius 2 is 1.69 bits per heavy atom. The molecule has 0 spiro atoms. The number of alkyl halides is 3. The molecule has 92 valence electrons. The quantitative estimate of drug-likeness (QED) is 0.645. The molecule has 16 heavy (non-hydrogen) atoms. The van der Waals surface area contributed by atoms with Crippen LogP contribution in [0.15, 0.2) is 0 Å². The lowest BCUT2D eigenvalue weighted by Crippen LogP contribution is -2.57.